The van der Waals surface area contributed by atoms with Gasteiger partial charge in [0.2, 0.25) is 0 Å². The summed E-state index contributed by atoms with van der Waals surface area (Å²) in [5, 5.41) is 16.7. The number of halogens is 1. The van der Waals surface area contributed by atoms with Crippen molar-refractivity contribution in [2.45, 2.75) is 64.8 Å². The number of aryl methyl sites for hydroxylation is 2. The van der Waals surface area contributed by atoms with Crippen LogP contribution in [0.4, 0.5) is 0 Å². The molecule has 0 spiro atoms. The molecule has 2 aliphatic heterocycles. The van der Waals surface area contributed by atoms with Gasteiger partial charge in [-0.1, -0.05) is 12.1 Å². The summed E-state index contributed by atoms with van der Waals surface area (Å²) in [4.78, 5) is 4.70. The summed E-state index contributed by atoms with van der Waals surface area (Å²) in [6.45, 7) is 7.35. The normalized spacial score (nSPS) is 25.5. The molecule has 0 aromatic heterocycles. The highest BCUT2D eigenvalue weighted by atomic mass is 127. The summed E-state index contributed by atoms with van der Waals surface area (Å²) in [6.07, 6.45) is 4.19. The zero-order valence-electron chi connectivity index (χ0n) is 14.6. The number of benzene rings is 1. The largest absolute Gasteiger partial charge is 0.507 e. The molecule has 0 saturated carbocycles. The highest BCUT2D eigenvalue weighted by molar-refractivity contribution is 14.0. The summed E-state index contributed by atoms with van der Waals surface area (Å²) in [6, 6.07) is 4.36. The first-order valence-corrected chi connectivity index (χ1v) is 8.56. The molecule has 3 unspecified atom stereocenters. The van der Waals surface area contributed by atoms with Crippen LogP contribution in [0.3, 0.4) is 0 Å². The van der Waals surface area contributed by atoms with Gasteiger partial charge in [-0.15, -0.1) is 24.0 Å². The maximum atomic E-state index is 9.87. The zero-order valence-corrected chi connectivity index (χ0v) is 17.0. The van der Waals surface area contributed by atoms with Crippen LogP contribution in [-0.4, -0.2) is 35.9 Å². The summed E-state index contributed by atoms with van der Waals surface area (Å²) in [5.74, 6) is 1.22. The number of phenols is 1. The van der Waals surface area contributed by atoms with Gasteiger partial charge in [0.05, 0.1) is 24.8 Å². The second kappa shape index (κ2) is 8.38. The molecule has 0 aliphatic carbocycles. The van der Waals surface area contributed by atoms with E-state index in [1.54, 1.807) is 0 Å². The zero-order chi connectivity index (χ0) is 16.4. The van der Waals surface area contributed by atoms with Crippen molar-refractivity contribution in [1.29, 1.82) is 0 Å². The van der Waals surface area contributed by atoms with Crippen molar-refractivity contribution in [1.82, 2.24) is 10.6 Å². The second-order valence-corrected chi connectivity index (χ2v) is 6.63. The number of aliphatic imine (C=N–C) groups is 1. The fourth-order valence-corrected chi connectivity index (χ4v) is 3.59. The van der Waals surface area contributed by atoms with Crippen LogP contribution < -0.4 is 10.6 Å². The molecule has 2 aliphatic rings. The summed E-state index contributed by atoms with van der Waals surface area (Å²) < 4.78 is 5.90. The molecule has 24 heavy (non-hydrogen) atoms. The topological polar surface area (TPSA) is 65.9 Å². The number of fused-ring (bicyclic) bond motifs is 2. The third kappa shape index (κ3) is 4.33. The van der Waals surface area contributed by atoms with Crippen molar-refractivity contribution in [2.24, 2.45) is 4.99 Å². The van der Waals surface area contributed by atoms with E-state index in [2.05, 4.69) is 17.6 Å². The SMILES string of the molecule is CCNC(=NCc1cc(C)c(O)c(C)c1)NC1CC2CCC1O2.I. The van der Waals surface area contributed by atoms with Crippen molar-refractivity contribution in [3.8, 4) is 5.75 Å². The molecule has 3 atom stereocenters. The molecule has 2 fully saturated rings. The van der Waals surface area contributed by atoms with Crippen molar-refractivity contribution in [3.63, 3.8) is 0 Å². The first-order chi connectivity index (χ1) is 11.1. The van der Waals surface area contributed by atoms with Gasteiger partial charge in [0.15, 0.2) is 5.96 Å². The van der Waals surface area contributed by atoms with Crippen LogP contribution in [0.15, 0.2) is 17.1 Å². The molecule has 5 nitrogen and oxygen atoms in total. The second-order valence-electron chi connectivity index (χ2n) is 6.63. The Labute approximate surface area is 161 Å². The lowest BCUT2D eigenvalue weighted by Gasteiger charge is -2.22. The van der Waals surface area contributed by atoms with Gasteiger partial charge in [0.1, 0.15) is 5.75 Å². The Morgan fingerprint density at radius 2 is 2.00 bits per heavy atom. The number of aromatic hydroxyl groups is 1. The Balaban J connectivity index is 0.00000208. The first kappa shape index (κ1) is 19.3. The number of hydrogen-bond donors (Lipinski definition) is 3. The van der Waals surface area contributed by atoms with Gasteiger partial charge in [-0.2, -0.15) is 0 Å². The Morgan fingerprint density at radius 3 is 2.54 bits per heavy atom. The first-order valence-electron chi connectivity index (χ1n) is 8.56. The molecule has 2 heterocycles. The lowest BCUT2D eigenvalue weighted by atomic mass is 9.96. The monoisotopic (exact) mass is 445 g/mol. The van der Waals surface area contributed by atoms with Crippen LogP contribution in [0.25, 0.3) is 0 Å². The van der Waals surface area contributed by atoms with Gasteiger partial charge in [-0.3, -0.25) is 0 Å². The summed E-state index contributed by atoms with van der Waals surface area (Å²) >= 11 is 0. The Kier molecular flexibility index (Phi) is 6.74. The maximum absolute atomic E-state index is 9.87. The number of nitrogens with one attached hydrogen (secondary N) is 2. The van der Waals surface area contributed by atoms with E-state index in [4.69, 9.17) is 9.73 Å². The predicted molar refractivity (Wildman–Crippen MR) is 107 cm³/mol. The highest BCUT2D eigenvalue weighted by Gasteiger charge is 2.41. The van der Waals surface area contributed by atoms with Crippen molar-refractivity contribution in [2.75, 3.05) is 6.54 Å². The third-order valence-electron chi connectivity index (χ3n) is 4.74. The molecule has 1 aromatic carbocycles. The molecule has 1 aromatic rings. The number of phenolic OH excluding ortho intramolecular Hbond substituents is 1. The van der Waals surface area contributed by atoms with Crippen molar-refractivity contribution < 1.29 is 9.84 Å². The smallest absolute Gasteiger partial charge is 0.191 e. The average Bonchev–Trinajstić information content (AvgIpc) is 3.13. The predicted octanol–water partition coefficient (Wildman–Crippen LogP) is 3.00. The fraction of sp³-hybridized carbons (Fsp3) is 0.611. The molecule has 0 amide bonds. The lowest BCUT2D eigenvalue weighted by Crippen LogP contribution is -2.47. The maximum Gasteiger partial charge on any atom is 0.191 e. The molecule has 3 N–H and O–H groups in total. The lowest BCUT2D eigenvalue weighted by molar-refractivity contribution is 0.0992. The van der Waals surface area contributed by atoms with Crippen molar-refractivity contribution >= 4 is 29.9 Å². The van der Waals surface area contributed by atoms with Crippen LogP contribution in [0.2, 0.25) is 0 Å². The standard InChI is InChI=1S/C18H27N3O2.HI/c1-4-19-18(21-15-9-14-5-6-16(15)23-14)20-10-13-7-11(2)17(22)12(3)8-13;/h7-8,14-16,22H,4-6,9-10H2,1-3H3,(H2,19,20,21);1H. The minimum absolute atomic E-state index is 0. The molecule has 2 bridgehead atoms. The molecule has 2 saturated heterocycles. The number of guanidine groups is 1. The summed E-state index contributed by atoms with van der Waals surface area (Å²) in [5.41, 5.74) is 2.91. The van der Waals surface area contributed by atoms with Gasteiger partial charge in [0, 0.05) is 6.54 Å². The van der Waals surface area contributed by atoms with Crippen LogP contribution in [0.5, 0.6) is 5.75 Å². The van der Waals surface area contributed by atoms with Crippen LogP contribution >= 0.6 is 24.0 Å². The number of rotatable bonds is 4. The van der Waals surface area contributed by atoms with Gasteiger partial charge in [-0.25, -0.2) is 4.99 Å². The Bertz CT molecular complexity index is 583. The Hall–Kier alpha value is -1.02. The van der Waals surface area contributed by atoms with E-state index in [1.165, 1.54) is 6.42 Å². The number of ether oxygens (including phenoxy) is 1. The van der Waals surface area contributed by atoms with E-state index in [9.17, 15) is 5.11 Å². The number of hydrogen-bond acceptors (Lipinski definition) is 3. The van der Waals surface area contributed by atoms with Gasteiger partial charge >= 0.3 is 0 Å². The van der Waals surface area contributed by atoms with Crippen LogP contribution in [-0.2, 0) is 11.3 Å². The van der Waals surface area contributed by atoms with Crippen LogP contribution in [0, 0.1) is 13.8 Å². The molecule has 3 rings (SSSR count). The molecule has 6 heteroatoms. The quantitative estimate of drug-likeness (QED) is 0.379. The number of nitrogens with zero attached hydrogens (tertiary/aromatic N) is 1. The molecule has 134 valence electrons. The summed E-state index contributed by atoms with van der Waals surface area (Å²) in [7, 11) is 0. The van der Waals surface area contributed by atoms with E-state index in [0.29, 0.717) is 30.5 Å². The third-order valence-corrected chi connectivity index (χ3v) is 4.74. The van der Waals surface area contributed by atoms with Gasteiger partial charge in [0.25, 0.3) is 0 Å². The van der Waals surface area contributed by atoms with Crippen LogP contribution in [0.1, 0.15) is 42.9 Å². The highest BCUT2D eigenvalue weighted by Crippen LogP contribution is 2.34. The van der Waals surface area contributed by atoms with E-state index < -0.39 is 0 Å². The van der Waals surface area contributed by atoms with E-state index in [1.807, 2.05) is 26.0 Å². The van der Waals surface area contributed by atoms with Gasteiger partial charge < -0.3 is 20.5 Å². The van der Waals surface area contributed by atoms with E-state index >= 15 is 0 Å². The van der Waals surface area contributed by atoms with E-state index in [0.717, 1.165) is 42.0 Å². The molecular formula is C18H28IN3O2. The molecule has 0 radical (unpaired) electrons. The van der Waals surface area contributed by atoms with Gasteiger partial charge in [-0.05, 0) is 56.7 Å². The van der Waals surface area contributed by atoms with Crippen molar-refractivity contribution in [3.05, 3.63) is 28.8 Å². The van der Waals surface area contributed by atoms with E-state index in [-0.39, 0.29) is 24.0 Å². The molecular weight excluding hydrogens is 417 g/mol. The minimum atomic E-state index is 0. The average molecular weight is 445 g/mol. The minimum Gasteiger partial charge on any atom is -0.507 e. The fourth-order valence-electron chi connectivity index (χ4n) is 3.59. The Morgan fingerprint density at radius 1 is 1.29 bits per heavy atom.